The SMILES string of the molecule is CCCCC(=O)Oc1ccc(N=Nc2ccc(OCC)cc2)cc1. The van der Waals surface area contributed by atoms with Crippen LogP contribution >= 0.6 is 0 Å². The number of carbonyl (C=O) groups excluding carboxylic acids is 1. The number of carbonyl (C=O) groups is 1. The van der Waals surface area contributed by atoms with Crippen LogP contribution in [0.2, 0.25) is 0 Å². The zero-order chi connectivity index (χ0) is 17.2. The third-order valence-corrected chi connectivity index (χ3v) is 3.23. The molecule has 0 aliphatic heterocycles. The summed E-state index contributed by atoms with van der Waals surface area (Å²) in [6, 6.07) is 14.4. The summed E-state index contributed by atoms with van der Waals surface area (Å²) in [5.74, 6) is 1.13. The van der Waals surface area contributed by atoms with Crippen LogP contribution in [0.25, 0.3) is 0 Å². The van der Waals surface area contributed by atoms with E-state index in [1.165, 1.54) is 0 Å². The highest BCUT2D eigenvalue weighted by atomic mass is 16.5. The van der Waals surface area contributed by atoms with Crippen molar-refractivity contribution in [3.63, 3.8) is 0 Å². The fourth-order valence-corrected chi connectivity index (χ4v) is 1.98. The molecule has 2 rings (SSSR count). The fraction of sp³-hybridized carbons (Fsp3) is 0.316. The summed E-state index contributed by atoms with van der Waals surface area (Å²) in [6.45, 7) is 4.62. The zero-order valence-electron chi connectivity index (χ0n) is 14.1. The summed E-state index contributed by atoms with van der Waals surface area (Å²) in [4.78, 5) is 11.6. The van der Waals surface area contributed by atoms with Crippen LogP contribution < -0.4 is 9.47 Å². The molecule has 0 radical (unpaired) electrons. The number of hydrogen-bond donors (Lipinski definition) is 0. The minimum Gasteiger partial charge on any atom is -0.494 e. The van der Waals surface area contributed by atoms with Crippen LogP contribution in [-0.2, 0) is 4.79 Å². The normalized spacial score (nSPS) is 10.8. The lowest BCUT2D eigenvalue weighted by Gasteiger charge is -2.03. The van der Waals surface area contributed by atoms with Crippen LogP contribution in [0.1, 0.15) is 33.1 Å². The zero-order valence-corrected chi connectivity index (χ0v) is 14.1. The van der Waals surface area contributed by atoms with Gasteiger partial charge in [-0.1, -0.05) is 13.3 Å². The molecule has 126 valence electrons. The minimum absolute atomic E-state index is 0.208. The van der Waals surface area contributed by atoms with Gasteiger partial charge in [-0.2, -0.15) is 10.2 Å². The van der Waals surface area contributed by atoms with Crippen LogP contribution in [0.3, 0.4) is 0 Å². The standard InChI is InChI=1S/C19H22N2O3/c1-3-5-6-19(22)24-18-13-9-16(10-14-18)21-20-15-7-11-17(12-8-15)23-4-2/h7-14H,3-6H2,1-2H3. The predicted octanol–water partition coefficient (Wildman–Crippen LogP) is 5.60. The molecule has 0 bridgehead atoms. The summed E-state index contributed by atoms with van der Waals surface area (Å²) in [5.41, 5.74) is 1.44. The van der Waals surface area contributed by atoms with Gasteiger partial charge in [-0.15, -0.1) is 0 Å². The van der Waals surface area contributed by atoms with Crippen LogP contribution in [0.15, 0.2) is 58.8 Å². The molecule has 5 heteroatoms. The van der Waals surface area contributed by atoms with E-state index in [1.54, 1.807) is 24.3 Å². The van der Waals surface area contributed by atoms with Crippen LogP contribution in [0.4, 0.5) is 11.4 Å². The van der Waals surface area contributed by atoms with Crippen molar-refractivity contribution in [3.05, 3.63) is 48.5 Å². The van der Waals surface area contributed by atoms with Gasteiger partial charge in [0, 0.05) is 6.42 Å². The molecule has 0 unspecified atom stereocenters. The second kappa shape index (κ2) is 9.45. The fourth-order valence-electron chi connectivity index (χ4n) is 1.98. The molecular weight excluding hydrogens is 304 g/mol. The predicted molar refractivity (Wildman–Crippen MR) is 93.4 cm³/mol. The van der Waals surface area contributed by atoms with Gasteiger partial charge in [0.15, 0.2) is 0 Å². The maximum atomic E-state index is 11.6. The molecule has 0 saturated heterocycles. The van der Waals surface area contributed by atoms with Crippen molar-refractivity contribution in [1.29, 1.82) is 0 Å². The van der Waals surface area contributed by atoms with E-state index in [0.29, 0.717) is 24.5 Å². The average molecular weight is 326 g/mol. The summed E-state index contributed by atoms with van der Waals surface area (Å²) in [5, 5.41) is 8.34. The van der Waals surface area contributed by atoms with Crippen molar-refractivity contribution in [2.45, 2.75) is 33.1 Å². The number of ether oxygens (including phenoxy) is 2. The lowest BCUT2D eigenvalue weighted by molar-refractivity contribution is -0.134. The molecule has 0 atom stereocenters. The monoisotopic (exact) mass is 326 g/mol. The molecule has 0 N–H and O–H groups in total. The number of nitrogens with zero attached hydrogens (tertiary/aromatic N) is 2. The first kappa shape index (κ1) is 17.7. The molecule has 0 spiro atoms. The lowest BCUT2D eigenvalue weighted by Crippen LogP contribution is -2.06. The molecule has 5 nitrogen and oxygen atoms in total. The smallest absolute Gasteiger partial charge is 0.311 e. The molecule has 0 aliphatic rings. The Kier molecular flexibility index (Phi) is 6.95. The molecule has 0 fully saturated rings. The quantitative estimate of drug-likeness (QED) is 0.360. The van der Waals surface area contributed by atoms with Gasteiger partial charge in [-0.25, -0.2) is 0 Å². The molecule has 0 saturated carbocycles. The van der Waals surface area contributed by atoms with Crippen LogP contribution in [-0.4, -0.2) is 12.6 Å². The van der Waals surface area contributed by atoms with Gasteiger partial charge >= 0.3 is 5.97 Å². The number of hydrogen-bond acceptors (Lipinski definition) is 5. The molecule has 2 aromatic carbocycles. The maximum Gasteiger partial charge on any atom is 0.311 e. The number of benzene rings is 2. The summed E-state index contributed by atoms with van der Waals surface area (Å²) < 4.78 is 10.6. The highest BCUT2D eigenvalue weighted by Gasteiger charge is 2.03. The Labute approximate surface area is 142 Å². The van der Waals surface area contributed by atoms with Crippen molar-refractivity contribution < 1.29 is 14.3 Å². The Morgan fingerprint density at radius 1 is 0.875 bits per heavy atom. The molecule has 24 heavy (non-hydrogen) atoms. The molecule has 0 heterocycles. The number of azo groups is 1. The third kappa shape index (κ3) is 5.83. The number of esters is 1. The Bertz CT molecular complexity index is 664. The van der Waals surface area contributed by atoms with Crippen molar-refractivity contribution in [2.24, 2.45) is 10.2 Å². The summed E-state index contributed by atoms with van der Waals surface area (Å²) >= 11 is 0. The molecular formula is C19H22N2O3. The van der Waals surface area contributed by atoms with Gasteiger partial charge in [-0.05, 0) is 61.9 Å². The van der Waals surface area contributed by atoms with Crippen molar-refractivity contribution >= 4 is 17.3 Å². The van der Waals surface area contributed by atoms with Gasteiger partial charge in [0.1, 0.15) is 11.5 Å². The van der Waals surface area contributed by atoms with Gasteiger partial charge < -0.3 is 9.47 Å². The number of unbranched alkanes of at least 4 members (excludes halogenated alkanes) is 1. The highest BCUT2D eigenvalue weighted by Crippen LogP contribution is 2.23. The van der Waals surface area contributed by atoms with E-state index < -0.39 is 0 Å². The molecule has 0 aromatic heterocycles. The first-order valence-electron chi connectivity index (χ1n) is 8.16. The van der Waals surface area contributed by atoms with Crippen molar-refractivity contribution in [3.8, 4) is 11.5 Å². The first-order valence-corrected chi connectivity index (χ1v) is 8.16. The second-order valence-corrected chi connectivity index (χ2v) is 5.20. The van der Waals surface area contributed by atoms with Gasteiger partial charge in [-0.3, -0.25) is 4.79 Å². The van der Waals surface area contributed by atoms with Crippen molar-refractivity contribution in [1.82, 2.24) is 0 Å². The summed E-state index contributed by atoms with van der Waals surface area (Å²) in [6.07, 6.45) is 2.25. The first-order chi connectivity index (χ1) is 11.7. The van der Waals surface area contributed by atoms with Crippen LogP contribution in [0, 0.1) is 0 Å². The lowest BCUT2D eigenvalue weighted by atomic mass is 10.2. The Morgan fingerprint density at radius 2 is 1.42 bits per heavy atom. The van der Waals surface area contributed by atoms with E-state index in [1.807, 2.05) is 38.1 Å². The largest absolute Gasteiger partial charge is 0.494 e. The third-order valence-electron chi connectivity index (χ3n) is 3.23. The Morgan fingerprint density at radius 3 is 1.92 bits per heavy atom. The second-order valence-electron chi connectivity index (χ2n) is 5.20. The van der Waals surface area contributed by atoms with E-state index in [0.717, 1.165) is 24.3 Å². The molecule has 0 amide bonds. The van der Waals surface area contributed by atoms with Crippen molar-refractivity contribution in [2.75, 3.05) is 6.61 Å². The minimum atomic E-state index is -0.208. The Hall–Kier alpha value is -2.69. The van der Waals surface area contributed by atoms with Gasteiger partial charge in [0.05, 0.1) is 18.0 Å². The molecule has 2 aromatic rings. The van der Waals surface area contributed by atoms with E-state index in [4.69, 9.17) is 9.47 Å². The van der Waals surface area contributed by atoms with Gasteiger partial charge in [0.2, 0.25) is 0 Å². The number of rotatable bonds is 8. The topological polar surface area (TPSA) is 60.2 Å². The average Bonchev–Trinajstić information content (AvgIpc) is 2.61. The van der Waals surface area contributed by atoms with Gasteiger partial charge in [0.25, 0.3) is 0 Å². The molecule has 0 aliphatic carbocycles. The maximum absolute atomic E-state index is 11.6. The summed E-state index contributed by atoms with van der Waals surface area (Å²) in [7, 11) is 0. The van der Waals surface area contributed by atoms with Crippen LogP contribution in [0.5, 0.6) is 11.5 Å². The van der Waals surface area contributed by atoms with E-state index in [9.17, 15) is 4.79 Å². The van der Waals surface area contributed by atoms with E-state index in [-0.39, 0.29) is 5.97 Å². The van der Waals surface area contributed by atoms with E-state index in [2.05, 4.69) is 10.2 Å². The van der Waals surface area contributed by atoms with E-state index >= 15 is 0 Å². The highest BCUT2D eigenvalue weighted by molar-refractivity contribution is 5.72. The Balaban J connectivity index is 1.92.